The zero-order valence-corrected chi connectivity index (χ0v) is 19.4. The fraction of sp³-hybridized carbons (Fsp3) is 0.320. The largest absolute Gasteiger partial charge is 0.497 e. The summed E-state index contributed by atoms with van der Waals surface area (Å²) in [5.74, 6) is 1.47. The van der Waals surface area contributed by atoms with Crippen molar-refractivity contribution in [2.75, 3.05) is 32.3 Å². The van der Waals surface area contributed by atoms with E-state index in [0.29, 0.717) is 6.42 Å². The van der Waals surface area contributed by atoms with Crippen molar-refractivity contribution in [1.82, 2.24) is 19.7 Å². The lowest BCUT2D eigenvalue weighted by Gasteiger charge is -2.25. The van der Waals surface area contributed by atoms with E-state index in [2.05, 4.69) is 34.0 Å². The molecule has 0 atom stereocenters. The maximum atomic E-state index is 9.44. The number of nitrogens with zero attached hydrogens (tertiary/aromatic N) is 5. The summed E-state index contributed by atoms with van der Waals surface area (Å²) in [6, 6.07) is 12.0. The monoisotopic (exact) mass is 447 g/mol. The van der Waals surface area contributed by atoms with Gasteiger partial charge in [0, 0.05) is 67.5 Å². The van der Waals surface area contributed by atoms with Gasteiger partial charge in [0.25, 0.3) is 0 Å². The van der Waals surface area contributed by atoms with Gasteiger partial charge in [-0.1, -0.05) is 6.92 Å². The molecular formula is C25H29N5O3. The summed E-state index contributed by atoms with van der Waals surface area (Å²) in [6.07, 6.45) is 5.00. The molecule has 4 rings (SSSR count). The van der Waals surface area contributed by atoms with Gasteiger partial charge in [0.2, 0.25) is 0 Å². The van der Waals surface area contributed by atoms with Crippen LogP contribution in [-0.2, 0) is 13.5 Å². The van der Waals surface area contributed by atoms with E-state index in [1.54, 1.807) is 31.3 Å². The average molecular weight is 448 g/mol. The molecule has 0 unspecified atom stereocenters. The average Bonchev–Trinajstić information content (AvgIpc) is 3.21. The van der Waals surface area contributed by atoms with E-state index in [1.807, 2.05) is 31.3 Å². The van der Waals surface area contributed by atoms with Crippen molar-refractivity contribution in [3.8, 4) is 22.8 Å². The SMILES string of the molecule is CCCN(c1cc(OC)cc(OC)c1)c1ccc2ncc(-c3cnn(C)c3CCO)nc2c1. The second kappa shape index (κ2) is 9.87. The van der Waals surface area contributed by atoms with Gasteiger partial charge in [-0.25, -0.2) is 4.98 Å². The van der Waals surface area contributed by atoms with Gasteiger partial charge in [-0.3, -0.25) is 9.67 Å². The number of ether oxygens (including phenoxy) is 2. The van der Waals surface area contributed by atoms with E-state index >= 15 is 0 Å². The summed E-state index contributed by atoms with van der Waals surface area (Å²) in [4.78, 5) is 11.7. The van der Waals surface area contributed by atoms with Crippen molar-refractivity contribution in [2.45, 2.75) is 19.8 Å². The van der Waals surface area contributed by atoms with E-state index in [4.69, 9.17) is 14.5 Å². The third-order valence-electron chi connectivity index (χ3n) is 5.62. The maximum Gasteiger partial charge on any atom is 0.124 e. The van der Waals surface area contributed by atoms with Crippen LogP contribution in [0.4, 0.5) is 11.4 Å². The lowest BCUT2D eigenvalue weighted by molar-refractivity contribution is 0.296. The fourth-order valence-electron chi connectivity index (χ4n) is 3.96. The lowest BCUT2D eigenvalue weighted by atomic mass is 10.1. The van der Waals surface area contributed by atoms with Crippen molar-refractivity contribution in [3.63, 3.8) is 0 Å². The molecule has 172 valence electrons. The van der Waals surface area contributed by atoms with Crippen LogP contribution in [0, 0.1) is 0 Å². The van der Waals surface area contributed by atoms with E-state index in [9.17, 15) is 5.11 Å². The van der Waals surface area contributed by atoms with E-state index in [1.165, 1.54) is 0 Å². The van der Waals surface area contributed by atoms with Crippen LogP contribution in [0.3, 0.4) is 0 Å². The van der Waals surface area contributed by atoms with Crippen LogP contribution in [0.2, 0.25) is 0 Å². The number of fused-ring (bicyclic) bond motifs is 1. The van der Waals surface area contributed by atoms with Gasteiger partial charge >= 0.3 is 0 Å². The molecule has 0 aliphatic heterocycles. The van der Waals surface area contributed by atoms with Gasteiger partial charge in [0.1, 0.15) is 11.5 Å². The predicted octanol–water partition coefficient (Wildman–Crippen LogP) is 4.13. The molecule has 4 aromatic rings. The van der Waals surface area contributed by atoms with Crippen LogP contribution in [0.25, 0.3) is 22.3 Å². The Kier molecular flexibility index (Phi) is 6.74. The highest BCUT2D eigenvalue weighted by Gasteiger charge is 2.15. The Morgan fingerprint density at radius 3 is 2.39 bits per heavy atom. The molecule has 2 aromatic heterocycles. The number of aromatic nitrogens is 4. The van der Waals surface area contributed by atoms with E-state index in [-0.39, 0.29) is 6.61 Å². The predicted molar refractivity (Wildman–Crippen MR) is 129 cm³/mol. The zero-order valence-electron chi connectivity index (χ0n) is 19.4. The summed E-state index contributed by atoms with van der Waals surface area (Å²) in [7, 11) is 5.17. The number of anilines is 2. The molecule has 0 radical (unpaired) electrons. The first-order valence-electron chi connectivity index (χ1n) is 11.0. The minimum Gasteiger partial charge on any atom is -0.497 e. The van der Waals surface area contributed by atoms with Crippen molar-refractivity contribution in [3.05, 3.63) is 54.5 Å². The highest BCUT2D eigenvalue weighted by atomic mass is 16.5. The Bertz CT molecular complexity index is 1230. The molecule has 33 heavy (non-hydrogen) atoms. The first kappa shape index (κ1) is 22.5. The summed E-state index contributed by atoms with van der Waals surface area (Å²) >= 11 is 0. The number of aryl methyl sites for hydroxylation is 1. The minimum absolute atomic E-state index is 0.0493. The van der Waals surface area contributed by atoms with Crippen LogP contribution < -0.4 is 14.4 Å². The van der Waals surface area contributed by atoms with Crippen molar-refractivity contribution in [2.24, 2.45) is 7.05 Å². The Hall–Kier alpha value is -3.65. The molecule has 0 saturated heterocycles. The van der Waals surface area contributed by atoms with Crippen LogP contribution >= 0.6 is 0 Å². The molecule has 0 bridgehead atoms. The van der Waals surface area contributed by atoms with Crippen LogP contribution in [-0.4, -0.2) is 52.2 Å². The molecule has 0 saturated carbocycles. The number of aliphatic hydroxyl groups is 1. The number of benzene rings is 2. The van der Waals surface area contributed by atoms with E-state index in [0.717, 1.165) is 63.8 Å². The van der Waals surface area contributed by atoms with Gasteiger partial charge in [-0.05, 0) is 24.6 Å². The molecule has 2 aromatic carbocycles. The zero-order chi connectivity index (χ0) is 23.4. The summed E-state index contributed by atoms with van der Waals surface area (Å²) in [5.41, 5.74) is 6.14. The number of rotatable bonds is 9. The molecule has 0 fully saturated rings. The van der Waals surface area contributed by atoms with Crippen molar-refractivity contribution in [1.29, 1.82) is 0 Å². The molecule has 2 heterocycles. The molecular weight excluding hydrogens is 418 g/mol. The molecule has 1 N–H and O–H groups in total. The highest BCUT2D eigenvalue weighted by molar-refractivity contribution is 5.83. The number of hydrogen-bond donors (Lipinski definition) is 1. The number of methoxy groups -OCH3 is 2. The lowest BCUT2D eigenvalue weighted by Crippen LogP contribution is -2.18. The molecule has 0 amide bonds. The van der Waals surface area contributed by atoms with Crippen LogP contribution in [0.1, 0.15) is 19.0 Å². The minimum atomic E-state index is 0.0493. The Morgan fingerprint density at radius 2 is 1.73 bits per heavy atom. The highest BCUT2D eigenvalue weighted by Crippen LogP contribution is 2.34. The standard InChI is InChI=1S/C25H29N5O3/c1-5-9-30(18-11-19(32-3)14-20(12-18)33-4)17-6-7-22-23(13-17)28-24(16-26-22)21-15-27-29(2)25(21)8-10-31/h6-7,11-16,31H,5,8-10H2,1-4H3. The van der Waals surface area contributed by atoms with Crippen LogP contribution in [0.15, 0.2) is 48.8 Å². The smallest absolute Gasteiger partial charge is 0.124 e. The summed E-state index contributed by atoms with van der Waals surface area (Å²) in [6.45, 7) is 3.01. The molecule has 0 spiro atoms. The fourth-order valence-corrected chi connectivity index (χ4v) is 3.96. The second-order valence-electron chi connectivity index (χ2n) is 7.75. The van der Waals surface area contributed by atoms with Gasteiger partial charge in [0.15, 0.2) is 0 Å². The topological polar surface area (TPSA) is 85.5 Å². The summed E-state index contributed by atoms with van der Waals surface area (Å²) in [5, 5.41) is 13.8. The maximum absolute atomic E-state index is 9.44. The third kappa shape index (κ3) is 4.61. The van der Waals surface area contributed by atoms with Gasteiger partial charge in [-0.15, -0.1) is 0 Å². The normalized spacial score (nSPS) is 11.1. The molecule has 0 aliphatic rings. The quantitative estimate of drug-likeness (QED) is 0.413. The Morgan fingerprint density at radius 1 is 0.970 bits per heavy atom. The molecule has 0 aliphatic carbocycles. The van der Waals surface area contributed by atoms with Gasteiger partial charge in [-0.2, -0.15) is 5.10 Å². The molecule has 8 nitrogen and oxygen atoms in total. The van der Waals surface area contributed by atoms with Crippen molar-refractivity contribution < 1.29 is 14.6 Å². The first-order chi connectivity index (χ1) is 16.1. The van der Waals surface area contributed by atoms with Crippen LogP contribution in [0.5, 0.6) is 11.5 Å². The van der Waals surface area contributed by atoms with Gasteiger partial charge < -0.3 is 19.5 Å². The Balaban J connectivity index is 1.79. The first-order valence-corrected chi connectivity index (χ1v) is 11.0. The number of hydrogen-bond acceptors (Lipinski definition) is 7. The third-order valence-corrected chi connectivity index (χ3v) is 5.62. The Labute approximate surface area is 193 Å². The number of aliphatic hydroxyl groups excluding tert-OH is 1. The van der Waals surface area contributed by atoms with Gasteiger partial charge in [0.05, 0.1) is 43.3 Å². The van der Waals surface area contributed by atoms with E-state index < -0.39 is 0 Å². The van der Waals surface area contributed by atoms with Crippen molar-refractivity contribution >= 4 is 22.4 Å². The summed E-state index contributed by atoms with van der Waals surface area (Å²) < 4.78 is 12.7. The second-order valence-corrected chi connectivity index (χ2v) is 7.75. The molecule has 8 heteroatoms.